The highest BCUT2D eigenvalue weighted by molar-refractivity contribution is 5.31. The zero-order valence-corrected chi connectivity index (χ0v) is 10.2. The van der Waals surface area contributed by atoms with E-state index in [9.17, 15) is 0 Å². The van der Waals surface area contributed by atoms with Crippen molar-refractivity contribution in [2.45, 2.75) is 6.42 Å². The Bertz CT molecular complexity index is 583. The number of anilines is 2. The van der Waals surface area contributed by atoms with Gasteiger partial charge in [0.2, 0.25) is 11.9 Å². The van der Waals surface area contributed by atoms with E-state index in [1.54, 1.807) is 0 Å². The zero-order valence-electron chi connectivity index (χ0n) is 10.2. The standard InChI is InChI=1S/C13H13N5O/c1-2-7-19-10-5-3-9(4-6-10)8-11-16-12(14)18-13(15)17-11/h1,3-6H,7-8H2,(H4,14,15,16,17,18). The Morgan fingerprint density at radius 3 is 2.26 bits per heavy atom. The molecule has 1 aromatic carbocycles. The molecule has 1 aromatic heterocycles. The molecule has 0 saturated carbocycles. The fraction of sp³-hybridized carbons (Fsp3) is 0.154. The third-order valence-corrected chi connectivity index (χ3v) is 2.32. The molecule has 0 radical (unpaired) electrons. The molecular formula is C13H13N5O. The molecule has 2 aromatic rings. The van der Waals surface area contributed by atoms with Gasteiger partial charge in [-0.1, -0.05) is 18.1 Å². The summed E-state index contributed by atoms with van der Waals surface area (Å²) in [6.45, 7) is 0.250. The van der Waals surface area contributed by atoms with Crippen molar-refractivity contribution in [3.05, 3.63) is 35.7 Å². The molecule has 6 nitrogen and oxygen atoms in total. The lowest BCUT2D eigenvalue weighted by molar-refractivity contribution is 0.370. The maximum Gasteiger partial charge on any atom is 0.225 e. The predicted octanol–water partition coefficient (Wildman–Crippen LogP) is 0.639. The van der Waals surface area contributed by atoms with Crippen molar-refractivity contribution >= 4 is 11.9 Å². The van der Waals surface area contributed by atoms with Crippen LogP contribution in [-0.2, 0) is 6.42 Å². The first-order chi connectivity index (χ1) is 9.17. The molecule has 4 N–H and O–H groups in total. The van der Waals surface area contributed by atoms with Gasteiger partial charge in [0.1, 0.15) is 18.2 Å². The highest BCUT2D eigenvalue weighted by atomic mass is 16.5. The van der Waals surface area contributed by atoms with Crippen LogP contribution in [0.1, 0.15) is 11.4 Å². The van der Waals surface area contributed by atoms with Gasteiger partial charge >= 0.3 is 0 Å². The van der Waals surface area contributed by atoms with Gasteiger partial charge in [0.05, 0.1) is 0 Å². The molecule has 0 saturated heterocycles. The Morgan fingerprint density at radius 1 is 1.05 bits per heavy atom. The number of nitrogens with two attached hydrogens (primary N) is 2. The number of ether oxygens (including phenoxy) is 1. The van der Waals surface area contributed by atoms with Gasteiger partial charge in [-0.3, -0.25) is 0 Å². The Morgan fingerprint density at radius 2 is 1.68 bits per heavy atom. The third kappa shape index (κ3) is 3.57. The summed E-state index contributed by atoms with van der Waals surface area (Å²) in [5.74, 6) is 3.90. The topological polar surface area (TPSA) is 99.9 Å². The average Bonchev–Trinajstić information content (AvgIpc) is 2.37. The first kappa shape index (κ1) is 12.6. The van der Waals surface area contributed by atoms with E-state index < -0.39 is 0 Å². The smallest absolute Gasteiger partial charge is 0.225 e. The molecule has 1 heterocycles. The number of benzene rings is 1. The van der Waals surface area contributed by atoms with Gasteiger partial charge in [0.15, 0.2) is 0 Å². The van der Waals surface area contributed by atoms with Crippen molar-refractivity contribution in [3.63, 3.8) is 0 Å². The van der Waals surface area contributed by atoms with Crippen LogP contribution in [0.15, 0.2) is 24.3 Å². The molecule has 6 heteroatoms. The summed E-state index contributed by atoms with van der Waals surface area (Å²) in [5, 5.41) is 0. The van der Waals surface area contributed by atoms with Crippen molar-refractivity contribution in [2.24, 2.45) is 0 Å². The molecule has 0 bridgehead atoms. The number of rotatable bonds is 4. The molecule has 0 spiro atoms. The highest BCUT2D eigenvalue weighted by Crippen LogP contribution is 2.14. The van der Waals surface area contributed by atoms with E-state index in [1.807, 2.05) is 24.3 Å². The average molecular weight is 255 g/mol. The SMILES string of the molecule is C#CCOc1ccc(Cc2nc(N)nc(N)n2)cc1. The number of nitrogens with zero attached hydrogens (tertiary/aromatic N) is 3. The van der Waals surface area contributed by atoms with Crippen molar-refractivity contribution in [2.75, 3.05) is 18.1 Å². The lowest BCUT2D eigenvalue weighted by atomic mass is 10.1. The molecule has 0 unspecified atom stereocenters. The molecule has 0 atom stereocenters. The second kappa shape index (κ2) is 5.69. The molecular weight excluding hydrogens is 242 g/mol. The van der Waals surface area contributed by atoms with Gasteiger partial charge in [0, 0.05) is 6.42 Å². The fourth-order valence-corrected chi connectivity index (χ4v) is 1.55. The summed E-state index contributed by atoms with van der Waals surface area (Å²) in [6.07, 6.45) is 5.64. The van der Waals surface area contributed by atoms with Crippen LogP contribution >= 0.6 is 0 Å². The Labute approximate surface area is 110 Å². The summed E-state index contributed by atoms with van der Waals surface area (Å²) in [4.78, 5) is 11.8. The maximum atomic E-state index is 5.51. The molecule has 0 fully saturated rings. The number of aromatic nitrogens is 3. The molecule has 0 aliphatic rings. The van der Waals surface area contributed by atoms with Crippen LogP contribution < -0.4 is 16.2 Å². The van der Waals surface area contributed by atoms with Gasteiger partial charge in [-0.15, -0.1) is 6.42 Å². The molecule has 2 rings (SSSR count). The molecule has 0 aliphatic heterocycles. The fourth-order valence-electron chi connectivity index (χ4n) is 1.55. The number of hydrogen-bond donors (Lipinski definition) is 2. The van der Waals surface area contributed by atoms with Crippen LogP contribution in [0.4, 0.5) is 11.9 Å². The number of terminal acetylenes is 1. The summed E-state index contributed by atoms with van der Waals surface area (Å²) in [6, 6.07) is 7.48. The number of nitrogen functional groups attached to an aromatic ring is 2. The molecule has 0 amide bonds. The third-order valence-electron chi connectivity index (χ3n) is 2.32. The largest absolute Gasteiger partial charge is 0.481 e. The second-order valence-electron chi connectivity index (χ2n) is 3.78. The Hall–Kier alpha value is -2.81. The van der Waals surface area contributed by atoms with E-state index >= 15 is 0 Å². The first-order valence-corrected chi connectivity index (χ1v) is 5.58. The molecule has 19 heavy (non-hydrogen) atoms. The van der Waals surface area contributed by atoms with Crippen molar-refractivity contribution in [1.82, 2.24) is 15.0 Å². The van der Waals surface area contributed by atoms with Crippen molar-refractivity contribution in [1.29, 1.82) is 0 Å². The van der Waals surface area contributed by atoms with E-state index in [4.69, 9.17) is 22.6 Å². The Kier molecular flexibility index (Phi) is 3.78. The summed E-state index contributed by atoms with van der Waals surface area (Å²) in [7, 11) is 0. The lowest BCUT2D eigenvalue weighted by Gasteiger charge is -2.05. The van der Waals surface area contributed by atoms with Crippen LogP contribution in [0.5, 0.6) is 5.75 Å². The van der Waals surface area contributed by atoms with E-state index in [-0.39, 0.29) is 18.5 Å². The predicted molar refractivity (Wildman–Crippen MR) is 72.2 cm³/mol. The number of hydrogen-bond acceptors (Lipinski definition) is 6. The molecule has 0 aliphatic carbocycles. The van der Waals surface area contributed by atoms with Gasteiger partial charge in [0.25, 0.3) is 0 Å². The van der Waals surface area contributed by atoms with Crippen molar-refractivity contribution in [3.8, 4) is 18.1 Å². The maximum absolute atomic E-state index is 5.51. The summed E-state index contributed by atoms with van der Waals surface area (Å²) < 4.78 is 5.28. The van der Waals surface area contributed by atoms with Gasteiger partial charge in [-0.25, -0.2) is 0 Å². The van der Waals surface area contributed by atoms with Gasteiger partial charge < -0.3 is 16.2 Å². The van der Waals surface area contributed by atoms with Crippen molar-refractivity contribution < 1.29 is 4.74 Å². The minimum absolute atomic E-state index is 0.122. The monoisotopic (exact) mass is 255 g/mol. The Balaban J connectivity index is 2.09. The minimum atomic E-state index is 0.122. The minimum Gasteiger partial charge on any atom is -0.481 e. The van der Waals surface area contributed by atoms with Crippen LogP contribution in [0, 0.1) is 12.3 Å². The van der Waals surface area contributed by atoms with Gasteiger partial charge in [-0.05, 0) is 17.7 Å². The summed E-state index contributed by atoms with van der Waals surface area (Å²) >= 11 is 0. The molecule has 96 valence electrons. The normalized spacial score (nSPS) is 9.84. The highest BCUT2D eigenvalue weighted by Gasteiger charge is 2.03. The quantitative estimate of drug-likeness (QED) is 0.777. The first-order valence-electron chi connectivity index (χ1n) is 5.58. The zero-order chi connectivity index (χ0) is 13.7. The van der Waals surface area contributed by atoms with E-state index in [0.717, 1.165) is 11.3 Å². The lowest BCUT2D eigenvalue weighted by Crippen LogP contribution is -2.07. The van der Waals surface area contributed by atoms with E-state index in [1.165, 1.54) is 0 Å². The van der Waals surface area contributed by atoms with Crippen LogP contribution in [0.25, 0.3) is 0 Å². The van der Waals surface area contributed by atoms with E-state index in [2.05, 4.69) is 20.9 Å². The van der Waals surface area contributed by atoms with Gasteiger partial charge in [-0.2, -0.15) is 15.0 Å². The van der Waals surface area contributed by atoms with E-state index in [0.29, 0.717) is 12.2 Å². The second-order valence-corrected chi connectivity index (χ2v) is 3.78. The van der Waals surface area contributed by atoms with Crippen LogP contribution in [0.2, 0.25) is 0 Å². The van der Waals surface area contributed by atoms with Crippen LogP contribution in [-0.4, -0.2) is 21.6 Å². The summed E-state index contributed by atoms with van der Waals surface area (Å²) in [5.41, 5.74) is 12.0. The van der Waals surface area contributed by atoms with Crippen LogP contribution in [0.3, 0.4) is 0 Å².